The van der Waals surface area contributed by atoms with Crippen molar-refractivity contribution < 1.29 is 0 Å². The van der Waals surface area contributed by atoms with E-state index in [0.717, 1.165) is 50.9 Å². The molecule has 2 rings (SSSR count). The minimum Gasteiger partial charge on any atom is -0.330 e. The maximum atomic E-state index is 5.38. The smallest absolute Gasteiger partial charge is 0.00189 e. The molecular formula is C49H112N6. The second-order valence-electron chi connectivity index (χ2n) is 23.9. The van der Waals surface area contributed by atoms with Gasteiger partial charge in [0.05, 0.1) is 0 Å². The topological polar surface area (TPSA) is 119 Å². The van der Waals surface area contributed by atoms with Crippen LogP contribution in [0.5, 0.6) is 0 Å². The van der Waals surface area contributed by atoms with Crippen LogP contribution in [0.15, 0.2) is 0 Å². The number of piperidine rings is 2. The van der Waals surface area contributed by atoms with E-state index in [2.05, 4.69) is 142 Å². The molecule has 55 heavy (non-hydrogen) atoms. The van der Waals surface area contributed by atoms with Gasteiger partial charge in [-0.1, -0.05) is 144 Å². The van der Waals surface area contributed by atoms with E-state index in [-0.39, 0.29) is 0 Å². The zero-order chi connectivity index (χ0) is 44.0. The van der Waals surface area contributed by atoms with Crippen LogP contribution in [0, 0.1) is 44.3 Å². The zero-order valence-corrected chi connectivity index (χ0v) is 42.0. The summed E-state index contributed by atoms with van der Waals surface area (Å²) >= 11 is 0. The van der Waals surface area contributed by atoms with Crippen LogP contribution in [0.1, 0.15) is 215 Å². The molecule has 2 saturated heterocycles. The Morgan fingerprint density at radius 3 is 0.964 bits per heavy atom. The lowest BCUT2D eigenvalue weighted by atomic mass is 9.75. The first-order valence-corrected chi connectivity index (χ1v) is 23.0. The molecule has 0 aliphatic carbocycles. The SMILES string of the molecule is CC(C)(C)C1CCNCC1.CC(C)(C)CCCCCN.CC(C)(C)CCCCN.CC(C)(C)CCCN.CC(C)(C)CCN.CN1CCC(C(C)(C)C)CC1. The molecule has 0 aromatic rings. The first kappa shape index (κ1) is 61.4. The van der Waals surface area contributed by atoms with Crippen LogP contribution in [0.2, 0.25) is 0 Å². The molecular weight excluding hydrogens is 673 g/mol. The molecule has 2 fully saturated rings. The second-order valence-corrected chi connectivity index (χ2v) is 23.9. The standard InChI is InChI=1S/C10H21N.C9H19N.C9H21N.C8H19N.C7H17N.C6H15N/c1-10(2,3)9-5-7-11(4)8-6-9;1-9(2,3)8-4-6-10-7-5-8;1-9(2,3)7-5-4-6-8-10;1-8(2,3)6-4-5-7-9;1-7(2,3)5-4-6-8;1-6(2,3)4-5-7/h9H,5-8H2,1-4H3;8,10H,4-7H2,1-3H3;4-8,10H2,1-3H3;4-7,9H2,1-3H3;4-6,8H2,1-3H3;4-5,7H2,1-3H3. The van der Waals surface area contributed by atoms with E-state index in [1.807, 2.05) is 0 Å². The fourth-order valence-corrected chi connectivity index (χ4v) is 6.40. The third-order valence-electron chi connectivity index (χ3n) is 10.5. The van der Waals surface area contributed by atoms with Crippen molar-refractivity contribution >= 4 is 0 Å². The van der Waals surface area contributed by atoms with Crippen LogP contribution >= 0.6 is 0 Å². The number of rotatable bonds is 10. The van der Waals surface area contributed by atoms with Crippen molar-refractivity contribution in [1.82, 2.24) is 10.2 Å². The van der Waals surface area contributed by atoms with Crippen molar-refractivity contribution in [2.75, 3.05) is 59.4 Å². The minimum atomic E-state index is 0.425. The fourth-order valence-electron chi connectivity index (χ4n) is 6.40. The lowest BCUT2D eigenvalue weighted by molar-refractivity contribution is 0.129. The summed E-state index contributed by atoms with van der Waals surface area (Å²) in [5, 5.41) is 3.39. The lowest BCUT2D eigenvalue weighted by Gasteiger charge is -2.37. The van der Waals surface area contributed by atoms with Gasteiger partial charge in [-0.2, -0.15) is 0 Å². The molecule has 0 amide bonds. The first-order chi connectivity index (χ1) is 24.8. The van der Waals surface area contributed by atoms with E-state index < -0.39 is 0 Å². The molecule has 2 heterocycles. The monoisotopic (exact) mass is 785 g/mol. The van der Waals surface area contributed by atoms with Gasteiger partial charge in [0.2, 0.25) is 0 Å². The number of nitrogens with zero attached hydrogens (tertiary/aromatic N) is 1. The molecule has 338 valence electrons. The van der Waals surface area contributed by atoms with Crippen LogP contribution in [0.4, 0.5) is 0 Å². The highest BCUT2D eigenvalue weighted by Gasteiger charge is 2.27. The van der Waals surface area contributed by atoms with Gasteiger partial charge in [-0.15, -0.1) is 0 Å². The van der Waals surface area contributed by atoms with Gasteiger partial charge < -0.3 is 33.2 Å². The molecule has 0 atom stereocenters. The number of nitrogens with one attached hydrogen (secondary N) is 1. The van der Waals surface area contributed by atoms with E-state index >= 15 is 0 Å². The van der Waals surface area contributed by atoms with Crippen LogP contribution < -0.4 is 28.3 Å². The summed E-state index contributed by atoms with van der Waals surface area (Å²) in [6.45, 7) is 49.5. The number of unbranched alkanes of at least 4 members (excludes halogenated alkanes) is 3. The molecule has 6 nitrogen and oxygen atoms in total. The Labute approximate surface area is 350 Å². The molecule has 9 N–H and O–H groups in total. The highest BCUT2D eigenvalue weighted by Crippen LogP contribution is 2.34. The average molecular weight is 785 g/mol. The Bertz CT molecular complexity index is 784. The first-order valence-electron chi connectivity index (χ1n) is 23.0. The Balaban J connectivity index is -0.000000286. The maximum Gasteiger partial charge on any atom is -0.00189 e. The van der Waals surface area contributed by atoms with Gasteiger partial charge >= 0.3 is 0 Å². The predicted octanol–water partition coefficient (Wildman–Crippen LogP) is 12.3. The van der Waals surface area contributed by atoms with Crippen molar-refractivity contribution in [2.24, 2.45) is 67.3 Å². The molecule has 0 radical (unpaired) electrons. The van der Waals surface area contributed by atoms with Crippen LogP contribution in [0.25, 0.3) is 0 Å². The van der Waals surface area contributed by atoms with Crippen molar-refractivity contribution in [1.29, 1.82) is 0 Å². The van der Waals surface area contributed by atoms with Crippen molar-refractivity contribution in [3.05, 3.63) is 0 Å². The molecule has 0 unspecified atom stereocenters. The van der Waals surface area contributed by atoms with Crippen LogP contribution in [-0.4, -0.2) is 64.3 Å². The van der Waals surface area contributed by atoms with E-state index in [4.69, 9.17) is 22.9 Å². The number of likely N-dealkylation sites (tertiary alicyclic amines) is 1. The third-order valence-corrected chi connectivity index (χ3v) is 10.5. The van der Waals surface area contributed by atoms with Gasteiger partial charge in [0.1, 0.15) is 0 Å². The van der Waals surface area contributed by atoms with Gasteiger partial charge in [0.15, 0.2) is 0 Å². The third kappa shape index (κ3) is 53.8. The number of hydrogen-bond acceptors (Lipinski definition) is 6. The fraction of sp³-hybridized carbons (Fsp3) is 1.00. The summed E-state index contributed by atoms with van der Waals surface area (Å²) in [4.78, 5) is 2.43. The summed E-state index contributed by atoms with van der Waals surface area (Å²) in [6, 6.07) is 0. The molecule has 0 spiro atoms. The largest absolute Gasteiger partial charge is 0.330 e. The highest BCUT2D eigenvalue weighted by molar-refractivity contribution is 4.80. The molecule has 0 aromatic heterocycles. The second kappa shape index (κ2) is 32.6. The van der Waals surface area contributed by atoms with E-state index in [0.29, 0.717) is 32.5 Å². The molecule has 2 aliphatic heterocycles. The van der Waals surface area contributed by atoms with E-state index in [1.54, 1.807) is 0 Å². The Hall–Kier alpha value is -0.240. The molecule has 6 heteroatoms. The predicted molar refractivity (Wildman–Crippen MR) is 255 cm³/mol. The summed E-state index contributed by atoms with van der Waals surface area (Å²) < 4.78 is 0. The van der Waals surface area contributed by atoms with Gasteiger partial charge in [-0.05, 0) is 174 Å². The van der Waals surface area contributed by atoms with Gasteiger partial charge in [-0.25, -0.2) is 0 Å². The van der Waals surface area contributed by atoms with Gasteiger partial charge in [0.25, 0.3) is 0 Å². The van der Waals surface area contributed by atoms with Crippen molar-refractivity contribution in [3.63, 3.8) is 0 Å². The normalized spacial score (nSPS) is 16.4. The maximum absolute atomic E-state index is 5.38. The van der Waals surface area contributed by atoms with Gasteiger partial charge in [0, 0.05) is 0 Å². The molecule has 0 saturated carbocycles. The molecule has 2 aliphatic rings. The average Bonchev–Trinajstić information content (AvgIpc) is 3.02. The van der Waals surface area contributed by atoms with E-state index in [1.165, 1.54) is 103 Å². The molecule has 0 aromatic carbocycles. The van der Waals surface area contributed by atoms with Crippen LogP contribution in [-0.2, 0) is 0 Å². The molecule has 0 bridgehead atoms. The minimum absolute atomic E-state index is 0.425. The Morgan fingerprint density at radius 2 is 0.709 bits per heavy atom. The van der Waals surface area contributed by atoms with Crippen molar-refractivity contribution in [2.45, 2.75) is 215 Å². The lowest BCUT2D eigenvalue weighted by Crippen LogP contribution is -2.35. The van der Waals surface area contributed by atoms with E-state index in [9.17, 15) is 0 Å². The highest BCUT2D eigenvalue weighted by atomic mass is 15.1. The Kier molecular flexibility index (Phi) is 36.4. The number of nitrogens with two attached hydrogens (primary N) is 4. The zero-order valence-electron chi connectivity index (χ0n) is 42.0. The van der Waals surface area contributed by atoms with Crippen LogP contribution in [0.3, 0.4) is 0 Å². The summed E-state index contributed by atoms with van der Waals surface area (Å²) in [7, 11) is 2.22. The number of hydrogen-bond donors (Lipinski definition) is 5. The summed E-state index contributed by atoms with van der Waals surface area (Å²) in [5.74, 6) is 1.88. The Morgan fingerprint density at radius 1 is 0.400 bits per heavy atom. The summed E-state index contributed by atoms with van der Waals surface area (Å²) in [5.41, 5.74) is 24.3. The quantitative estimate of drug-likeness (QED) is 0.141. The van der Waals surface area contributed by atoms with Crippen molar-refractivity contribution in [3.8, 4) is 0 Å². The summed E-state index contributed by atoms with van der Waals surface area (Å²) in [6.07, 6.45) is 17.9. The van der Waals surface area contributed by atoms with Gasteiger partial charge in [-0.3, -0.25) is 0 Å².